The van der Waals surface area contributed by atoms with Crippen LogP contribution < -0.4 is 4.74 Å². The van der Waals surface area contributed by atoms with Crippen molar-refractivity contribution in [2.45, 2.75) is 6.61 Å². The van der Waals surface area contributed by atoms with Gasteiger partial charge in [0.1, 0.15) is 5.75 Å². The van der Waals surface area contributed by atoms with Gasteiger partial charge in [0.05, 0.1) is 19.8 Å². The van der Waals surface area contributed by atoms with E-state index in [4.69, 9.17) is 9.47 Å². The van der Waals surface area contributed by atoms with E-state index in [-0.39, 0.29) is 19.1 Å². The Morgan fingerprint density at radius 2 is 2.16 bits per heavy atom. The number of morpholine rings is 1. The van der Waals surface area contributed by atoms with E-state index in [1.54, 1.807) is 17.0 Å². The second-order valence-electron chi connectivity index (χ2n) is 4.19. The smallest absolute Gasteiger partial charge is 0.260 e. The SMILES string of the molecule is O=C(COc1ccc(Br)cc1CO)N1CCOCC1. The molecule has 2 rings (SSSR count). The minimum atomic E-state index is -0.124. The van der Waals surface area contributed by atoms with Crippen molar-refractivity contribution in [2.75, 3.05) is 32.9 Å². The van der Waals surface area contributed by atoms with Gasteiger partial charge in [-0.1, -0.05) is 15.9 Å². The summed E-state index contributed by atoms with van der Waals surface area (Å²) in [6, 6.07) is 5.32. The average Bonchev–Trinajstić information content (AvgIpc) is 2.46. The van der Waals surface area contributed by atoms with Crippen LogP contribution in [0.4, 0.5) is 0 Å². The van der Waals surface area contributed by atoms with Crippen LogP contribution in [-0.2, 0) is 16.1 Å². The first-order valence-electron chi connectivity index (χ1n) is 6.08. The molecule has 1 saturated heterocycles. The molecular weight excluding hydrogens is 314 g/mol. The highest BCUT2D eigenvalue weighted by atomic mass is 79.9. The molecule has 0 saturated carbocycles. The van der Waals surface area contributed by atoms with Crippen molar-refractivity contribution < 1.29 is 19.4 Å². The average molecular weight is 330 g/mol. The number of nitrogens with zero attached hydrogens (tertiary/aromatic N) is 1. The van der Waals surface area contributed by atoms with Gasteiger partial charge in [-0.05, 0) is 18.2 Å². The number of ether oxygens (including phenoxy) is 2. The van der Waals surface area contributed by atoms with Gasteiger partial charge in [0.25, 0.3) is 5.91 Å². The van der Waals surface area contributed by atoms with E-state index in [1.165, 1.54) is 0 Å². The van der Waals surface area contributed by atoms with E-state index in [1.807, 2.05) is 6.07 Å². The first-order valence-corrected chi connectivity index (χ1v) is 6.87. The molecule has 0 atom stereocenters. The number of carbonyl (C=O) groups is 1. The van der Waals surface area contributed by atoms with E-state index in [2.05, 4.69) is 15.9 Å². The Labute approximate surface area is 120 Å². The van der Waals surface area contributed by atoms with Crippen LogP contribution in [0.1, 0.15) is 5.56 Å². The van der Waals surface area contributed by atoms with Gasteiger partial charge in [-0.2, -0.15) is 0 Å². The Kier molecular flexibility index (Phi) is 5.18. The monoisotopic (exact) mass is 329 g/mol. The van der Waals surface area contributed by atoms with Gasteiger partial charge in [0.2, 0.25) is 0 Å². The molecule has 1 amide bonds. The topological polar surface area (TPSA) is 59.0 Å². The molecule has 1 fully saturated rings. The summed E-state index contributed by atoms with van der Waals surface area (Å²) < 4.78 is 11.5. The molecule has 1 aromatic carbocycles. The molecular formula is C13H16BrNO4. The third kappa shape index (κ3) is 3.92. The zero-order valence-electron chi connectivity index (χ0n) is 10.5. The molecule has 0 unspecified atom stereocenters. The second-order valence-corrected chi connectivity index (χ2v) is 5.11. The minimum absolute atomic E-state index is 0.0192. The third-order valence-electron chi connectivity index (χ3n) is 2.91. The molecule has 6 heteroatoms. The van der Waals surface area contributed by atoms with Crippen LogP contribution in [0.5, 0.6) is 5.75 Å². The second kappa shape index (κ2) is 6.88. The van der Waals surface area contributed by atoms with Crippen LogP contribution in [0.2, 0.25) is 0 Å². The Hall–Kier alpha value is -1.11. The van der Waals surface area contributed by atoms with Gasteiger partial charge in [0.15, 0.2) is 6.61 Å². The van der Waals surface area contributed by atoms with E-state index in [9.17, 15) is 9.90 Å². The van der Waals surface area contributed by atoms with Crippen molar-refractivity contribution in [3.05, 3.63) is 28.2 Å². The molecule has 5 nitrogen and oxygen atoms in total. The predicted octanol–water partition coefficient (Wildman–Crippen LogP) is 1.18. The first kappa shape index (κ1) is 14.3. The molecule has 1 N–H and O–H groups in total. The predicted molar refractivity (Wildman–Crippen MR) is 73.0 cm³/mol. The number of halogens is 1. The Balaban J connectivity index is 1.92. The summed E-state index contributed by atoms with van der Waals surface area (Å²) in [5.74, 6) is 0.474. The summed E-state index contributed by atoms with van der Waals surface area (Å²) in [7, 11) is 0. The van der Waals surface area contributed by atoms with Crippen LogP contribution in [-0.4, -0.2) is 48.8 Å². The number of aliphatic hydroxyl groups is 1. The highest BCUT2D eigenvalue weighted by Crippen LogP contribution is 2.23. The standard InChI is InChI=1S/C13H16BrNO4/c14-11-1-2-12(10(7-11)8-16)19-9-13(17)15-3-5-18-6-4-15/h1-2,7,16H,3-6,8-9H2. The zero-order chi connectivity index (χ0) is 13.7. The molecule has 19 heavy (non-hydrogen) atoms. The van der Waals surface area contributed by atoms with E-state index in [0.29, 0.717) is 37.6 Å². The molecule has 104 valence electrons. The van der Waals surface area contributed by atoms with Crippen LogP contribution in [0.3, 0.4) is 0 Å². The quantitative estimate of drug-likeness (QED) is 0.901. The third-order valence-corrected chi connectivity index (χ3v) is 3.40. The highest BCUT2D eigenvalue weighted by molar-refractivity contribution is 9.10. The Bertz CT molecular complexity index is 446. The van der Waals surface area contributed by atoms with Crippen molar-refractivity contribution in [1.29, 1.82) is 0 Å². The number of hydrogen-bond acceptors (Lipinski definition) is 4. The molecule has 1 heterocycles. The van der Waals surface area contributed by atoms with E-state index >= 15 is 0 Å². The number of carbonyl (C=O) groups excluding carboxylic acids is 1. The zero-order valence-corrected chi connectivity index (χ0v) is 12.1. The Morgan fingerprint density at radius 1 is 1.42 bits per heavy atom. The summed E-state index contributed by atoms with van der Waals surface area (Å²) in [6.07, 6.45) is 0. The number of benzene rings is 1. The fraction of sp³-hybridized carbons (Fsp3) is 0.462. The van der Waals surface area contributed by atoms with Crippen molar-refractivity contribution in [1.82, 2.24) is 4.90 Å². The molecule has 1 aromatic rings. The lowest BCUT2D eigenvalue weighted by molar-refractivity contribution is -0.137. The van der Waals surface area contributed by atoms with Gasteiger partial charge in [-0.3, -0.25) is 4.79 Å². The van der Waals surface area contributed by atoms with Crippen molar-refractivity contribution >= 4 is 21.8 Å². The summed E-state index contributed by atoms with van der Waals surface area (Å²) in [6.45, 7) is 2.22. The molecule has 0 aliphatic carbocycles. The molecule has 0 aromatic heterocycles. The van der Waals surface area contributed by atoms with Crippen LogP contribution >= 0.6 is 15.9 Å². The van der Waals surface area contributed by atoms with Crippen molar-refractivity contribution in [2.24, 2.45) is 0 Å². The van der Waals surface area contributed by atoms with Gasteiger partial charge in [-0.15, -0.1) is 0 Å². The van der Waals surface area contributed by atoms with Gasteiger partial charge in [0, 0.05) is 23.1 Å². The summed E-state index contributed by atoms with van der Waals surface area (Å²) in [5, 5.41) is 9.24. The fourth-order valence-corrected chi connectivity index (χ4v) is 2.26. The molecule has 1 aliphatic heterocycles. The molecule has 0 spiro atoms. The van der Waals surface area contributed by atoms with Gasteiger partial charge >= 0.3 is 0 Å². The largest absolute Gasteiger partial charge is 0.483 e. The lowest BCUT2D eigenvalue weighted by atomic mass is 10.2. The maximum Gasteiger partial charge on any atom is 0.260 e. The molecule has 1 aliphatic rings. The fourth-order valence-electron chi connectivity index (χ4n) is 1.86. The number of amides is 1. The van der Waals surface area contributed by atoms with E-state index in [0.717, 1.165) is 4.47 Å². The lowest BCUT2D eigenvalue weighted by Gasteiger charge is -2.26. The van der Waals surface area contributed by atoms with Crippen molar-refractivity contribution in [3.8, 4) is 5.75 Å². The van der Waals surface area contributed by atoms with Gasteiger partial charge < -0.3 is 19.5 Å². The number of rotatable bonds is 4. The van der Waals surface area contributed by atoms with E-state index < -0.39 is 0 Å². The van der Waals surface area contributed by atoms with Crippen LogP contribution in [0, 0.1) is 0 Å². The summed E-state index contributed by atoms with van der Waals surface area (Å²) in [4.78, 5) is 13.6. The normalized spacial score (nSPS) is 15.4. The number of hydrogen-bond donors (Lipinski definition) is 1. The van der Waals surface area contributed by atoms with Crippen LogP contribution in [0.15, 0.2) is 22.7 Å². The lowest BCUT2D eigenvalue weighted by Crippen LogP contribution is -2.43. The summed E-state index contributed by atoms with van der Waals surface area (Å²) in [5.41, 5.74) is 0.657. The molecule has 0 bridgehead atoms. The first-order chi connectivity index (χ1) is 9.20. The molecule has 0 radical (unpaired) electrons. The van der Waals surface area contributed by atoms with Crippen molar-refractivity contribution in [3.63, 3.8) is 0 Å². The Morgan fingerprint density at radius 3 is 2.84 bits per heavy atom. The minimum Gasteiger partial charge on any atom is -0.483 e. The maximum atomic E-state index is 11.9. The summed E-state index contributed by atoms with van der Waals surface area (Å²) >= 11 is 3.32. The van der Waals surface area contributed by atoms with Crippen LogP contribution in [0.25, 0.3) is 0 Å². The maximum absolute atomic E-state index is 11.9. The van der Waals surface area contributed by atoms with Gasteiger partial charge in [-0.25, -0.2) is 0 Å². The highest BCUT2D eigenvalue weighted by Gasteiger charge is 2.17. The number of aliphatic hydroxyl groups excluding tert-OH is 1.